The van der Waals surface area contributed by atoms with Gasteiger partial charge in [-0.2, -0.15) is 0 Å². The van der Waals surface area contributed by atoms with Crippen LogP contribution in [0.5, 0.6) is 5.75 Å². The van der Waals surface area contributed by atoms with Gasteiger partial charge in [0.1, 0.15) is 5.75 Å². The Morgan fingerprint density at radius 3 is 2.82 bits per heavy atom. The van der Waals surface area contributed by atoms with Crippen molar-refractivity contribution in [2.45, 2.75) is 25.0 Å². The zero-order valence-electron chi connectivity index (χ0n) is 12.7. The van der Waals surface area contributed by atoms with Gasteiger partial charge in [-0.25, -0.2) is 0 Å². The molecule has 1 saturated heterocycles. The monoisotopic (exact) mass is 360 g/mol. The summed E-state index contributed by atoms with van der Waals surface area (Å²) in [5.41, 5.74) is 2.52. The van der Waals surface area contributed by atoms with E-state index in [2.05, 4.69) is 63.0 Å². The number of hydrogen-bond acceptors (Lipinski definition) is 3. The second kappa shape index (κ2) is 7.27. The quantitative estimate of drug-likeness (QED) is 0.853. The van der Waals surface area contributed by atoms with E-state index in [0.29, 0.717) is 12.1 Å². The number of hydrogen-bond donors (Lipinski definition) is 2. The van der Waals surface area contributed by atoms with Gasteiger partial charge in [-0.05, 0) is 36.7 Å². The average Bonchev–Trinajstić information content (AvgIpc) is 3.02. The maximum absolute atomic E-state index is 5.45. The molecule has 2 aromatic carbocycles. The Bertz CT molecular complexity index is 618. The molecule has 0 bridgehead atoms. The number of halogens is 1. The molecule has 1 aliphatic heterocycles. The maximum Gasteiger partial charge on any atom is 0.123 e. The van der Waals surface area contributed by atoms with E-state index in [9.17, 15) is 0 Å². The first kappa shape index (κ1) is 15.5. The summed E-state index contributed by atoms with van der Waals surface area (Å²) in [4.78, 5) is 0. The summed E-state index contributed by atoms with van der Waals surface area (Å²) in [6, 6.07) is 17.6. The first-order valence-corrected chi connectivity index (χ1v) is 8.41. The lowest BCUT2D eigenvalue weighted by Crippen LogP contribution is -2.34. The highest BCUT2D eigenvalue weighted by molar-refractivity contribution is 9.10. The van der Waals surface area contributed by atoms with Gasteiger partial charge in [-0.1, -0.05) is 46.3 Å². The van der Waals surface area contributed by atoms with E-state index in [0.717, 1.165) is 29.7 Å². The molecule has 1 heterocycles. The van der Waals surface area contributed by atoms with Gasteiger partial charge >= 0.3 is 0 Å². The molecule has 2 aromatic rings. The normalized spacial score (nSPS) is 21.0. The van der Waals surface area contributed by atoms with Crippen LogP contribution in [0.3, 0.4) is 0 Å². The molecule has 116 valence electrons. The Labute approximate surface area is 140 Å². The van der Waals surface area contributed by atoms with Crippen LogP contribution in [0, 0.1) is 0 Å². The van der Waals surface area contributed by atoms with Crippen LogP contribution in [0.4, 0.5) is 0 Å². The molecule has 0 spiro atoms. The molecule has 0 aromatic heterocycles. The smallest absolute Gasteiger partial charge is 0.123 e. The minimum absolute atomic E-state index is 0.374. The van der Waals surface area contributed by atoms with Gasteiger partial charge in [-0.15, -0.1) is 0 Å². The number of rotatable bonds is 5. The Kier molecular flexibility index (Phi) is 5.13. The van der Waals surface area contributed by atoms with Crippen molar-refractivity contribution < 1.29 is 4.74 Å². The minimum atomic E-state index is 0.374. The van der Waals surface area contributed by atoms with E-state index in [4.69, 9.17) is 4.74 Å². The first-order chi connectivity index (χ1) is 10.8. The van der Waals surface area contributed by atoms with Gasteiger partial charge in [0.15, 0.2) is 0 Å². The summed E-state index contributed by atoms with van der Waals surface area (Å²) < 4.78 is 6.53. The van der Waals surface area contributed by atoms with Crippen LogP contribution in [-0.2, 0) is 6.54 Å². The average molecular weight is 361 g/mol. The van der Waals surface area contributed by atoms with Gasteiger partial charge in [0.25, 0.3) is 0 Å². The summed E-state index contributed by atoms with van der Waals surface area (Å²) in [5.74, 6) is 0.929. The second-order valence-electron chi connectivity index (χ2n) is 5.57. The molecule has 3 rings (SSSR count). The number of benzene rings is 2. The molecular formula is C18H21BrN2O. The Morgan fingerprint density at radius 1 is 1.23 bits per heavy atom. The van der Waals surface area contributed by atoms with Crippen molar-refractivity contribution >= 4 is 15.9 Å². The van der Waals surface area contributed by atoms with Crippen molar-refractivity contribution in [2.24, 2.45) is 0 Å². The van der Waals surface area contributed by atoms with Crippen molar-refractivity contribution in [3.63, 3.8) is 0 Å². The third-order valence-corrected chi connectivity index (χ3v) is 4.67. The fourth-order valence-electron chi connectivity index (χ4n) is 3.06. The summed E-state index contributed by atoms with van der Waals surface area (Å²) in [6.07, 6.45) is 1.13. The standard InChI is InChI=1S/C18H21BrN2O/c1-22-17-8-7-15(19)11-14(17)12-21-16-9-10-20-18(16)13-5-3-2-4-6-13/h2-8,11,16,18,20-21H,9-10,12H2,1H3/t16-,18-/m0/s1. The van der Waals surface area contributed by atoms with E-state index in [1.165, 1.54) is 11.1 Å². The fraction of sp³-hybridized carbons (Fsp3) is 0.333. The van der Waals surface area contributed by atoms with Crippen molar-refractivity contribution in [3.05, 3.63) is 64.1 Å². The molecule has 1 fully saturated rings. The topological polar surface area (TPSA) is 33.3 Å². The first-order valence-electron chi connectivity index (χ1n) is 7.62. The molecule has 0 amide bonds. The van der Waals surface area contributed by atoms with E-state index in [1.807, 2.05) is 12.1 Å². The summed E-state index contributed by atoms with van der Waals surface area (Å²) in [5, 5.41) is 7.28. The summed E-state index contributed by atoms with van der Waals surface area (Å²) in [7, 11) is 1.72. The Hall–Kier alpha value is -1.36. The molecule has 3 nitrogen and oxygen atoms in total. The van der Waals surface area contributed by atoms with Gasteiger partial charge in [0, 0.05) is 28.7 Å². The molecule has 22 heavy (non-hydrogen) atoms. The molecule has 0 saturated carbocycles. The Morgan fingerprint density at radius 2 is 2.05 bits per heavy atom. The zero-order valence-corrected chi connectivity index (χ0v) is 14.3. The molecular weight excluding hydrogens is 340 g/mol. The SMILES string of the molecule is COc1ccc(Br)cc1CN[C@H]1CCN[C@H]1c1ccccc1. The van der Waals surface area contributed by atoms with Crippen LogP contribution >= 0.6 is 15.9 Å². The van der Waals surface area contributed by atoms with Gasteiger partial charge < -0.3 is 15.4 Å². The van der Waals surface area contributed by atoms with Crippen molar-refractivity contribution in [1.82, 2.24) is 10.6 Å². The molecule has 0 unspecified atom stereocenters. The number of methoxy groups -OCH3 is 1. The third-order valence-electron chi connectivity index (χ3n) is 4.18. The van der Waals surface area contributed by atoms with Crippen molar-refractivity contribution in [2.75, 3.05) is 13.7 Å². The van der Waals surface area contributed by atoms with Gasteiger partial charge in [0.05, 0.1) is 7.11 Å². The van der Waals surface area contributed by atoms with Crippen LogP contribution in [0.15, 0.2) is 53.0 Å². The van der Waals surface area contributed by atoms with E-state index in [1.54, 1.807) is 7.11 Å². The van der Waals surface area contributed by atoms with Crippen LogP contribution in [0.2, 0.25) is 0 Å². The van der Waals surface area contributed by atoms with E-state index >= 15 is 0 Å². The van der Waals surface area contributed by atoms with Gasteiger partial charge in [0.2, 0.25) is 0 Å². The van der Waals surface area contributed by atoms with Crippen molar-refractivity contribution in [3.8, 4) is 5.75 Å². The van der Waals surface area contributed by atoms with Gasteiger partial charge in [-0.3, -0.25) is 0 Å². The molecule has 2 atom stereocenters. The predicted molar refractivity (Wildman–Crippen MR) is 93.1 cm³/mol. The van der Waals surface area contributed by atoms with Crippen molar-refractivity contribution in [1.29, 1.82) is 0 Å². The second-order valence-corrected chi connectivity index (χ2v) is 6.49. The molecule has 2 N–H and O–H groups in total. The lowest BCUT2D eigenvalue weighted by atomic mass is 10.0. The maximum atomic E-state index is 5.45. The van der Waals surface area contributed by atoms with E-state index in [-0.39, 0.29) is 0 Å². The van der Waals surface area contributed by atoms with Crippen LogP contribution < -0.4 is 15.4 Å². The third kappa shape index (κ3) is 3.51. The molecule has 4 heteroatoms. The van der Waals surface area contributed by atoms with Crippen LogP contribution in [-0.4, -0.2) is 19.7 Å². The fourth-order valence-corrected chi connectivity index (χ4v) is 3.47. The van der Waals surface area contributed by atoms with E-state index < -0.39 is 0 Å². The largest absolute Gasteiger partial charge is 0.496 e. The summed E-state index contributed by atoms with van der Waals surface area (Å²) in [6.45, 7) is 1.85. The highest BCUT2D eigenvalue weighted by atomic mass is 79.9. The highest BCUT2D eigenvalue weighted by Gasteiger charge is 2.27. The lowest BCUT2D eigenvalue weighted by Gasteiger charge is -2.22. The van der Waals surface area contributed by atoms with Crippen LogP contribution in [0.25, 0.3) is 0 Å². The summed E-state index contributed by atoms with van der Waals surface area (Å²) >= 11 is 3.53. The minimum Gasteiger partial charge on any atom is -0.496 e. The lowest BCUT2D eigenvalue weighted by molar-refractivity contribution is 0.401. The number of ether oxygens (including phenoxy) is 1. The zero-order chi connectivity index (χ0) is 15.4. The molecule has 0 radical (unpaired) electrons. The highest BCUT2D eigenvalue weighted by Crippen LogP contribution is 2.26. The Balaban J connectivity index is 1.69. The molecule has 0 aliphatic carbocycles. The predicted octanol–water partition coefficient (Wildman–Crippen LogP) is 3.65. The molecule has 1 aliphatic rings. The van der Waals surface area contributed by atoms with Crippen LogP contribution in [0.1, 0.15) is 23.6 Å². The number of nitrogens with one attached hydrogen (secondary N) is 2.